The van der Waals surface area contributed by atoms with E-state index in [4.69, 9.17) is 16.9 Å². The number of amides is 2. The van der Waals surface area contributed by atoms with Crippen LogP contribution in [-0.2, 0) is 5.67 Å². The van der Waals surface area contributed by atoms with E-state index >= 15 is 4.39 Å². The van der Waals surface area contributed by atoms with Crippen molar-refractivity contribution in [3.05, 3.63) is 82.3 Å². The molecular weight excluding hydrogens is 495 g/mol. The maximum Gasteiger partial charge on any atom is 0.257 e. The Morgan fingerprint density at radius 2 is 1.76 bits per heavy atom. The molecule has 0 radical (unpaired) electrons. The molecule has 2 amide bonds. The predicted molar refractivity (Wildman–Crippen MR) is 137 cm³/mol. The van der Waals surface area contributed by atoms with Gasteiger partial charge in [-0.05, 0) is 48.9 Å². The van der Waals surface area contributed by atoms with Crippen molar-refractivity contribution in [3.63, 3.8) is 0 Å². The minimum absolute atomic E-state index is 0.0925. The van der Waals surface area contributed by atoms with Crippen LogP contribution in [0.25, 0.3) is 0 Å². The van der Waals surface area contributed by atoms with Gasteiger partial charge in [0.25, 0.3) is 11.8 Å². The molecular formula is C27H24ClFN6O2. The van der Waals surface area contributed by atoms with E-state index < -0.39 is 5.67 Å². The number of benzene rings is 1. The van der Waals surface area contributed by atoms with Gasteiger partial charge in [0.15, 0.2) is 5.67 Å². The maximum atomic E-state index is 15.5. The molecule has 0 aliphatic carbocycles. The molecule has 2 aromatic heterocycles. The Labute approximate surface area is 218 Å². The van der Waals surface area contributed by atoms with Crippen LogP contribution in [0.2, 0.25) is 5.02 Å². The van der Waals surface area contributed by atoms with Crippen molar-refractivity contribution in [2.75, 3.05) is 36.4 Å². The molecule has 0 saturated carbocycles. The Morgan fingerprint density at radius 3 is 2.35 bits per heavy atom. The summed E-state index contributed by atoms with van der Waals surface area (Å²) in [7, 11) is 0. The molecule has 5 rings (SSSR count). The van der Waals surface area contributed by atoms with E-state index in [-0.39, 0.29) is 43.4 Å². The molecule has 0 unspecified atom stereocenters. The first-order valence-corrected chi connectivity index (χ1v) is 12.4. The van der Waals surface area contributed by atoms with E-state index in [1.807, 2.05) is 12.1 Å². The number of carbonyl (C=O) groups is 2. The minimum Gasteiger partial charge on any atom is -0.356 e. The Balaban J connectivity index is 1.24. The predicted octanol–water partition coefficient (Wildman–Crippen LogP) is 4.57. The van der Waals surface area contributed by atoms with Gasteiger partial charge in [0.2, 0.25) is 0 Å². The third kappa shape index (κ3) is 5.11. The second-order valence-corrected chi connectivity index (χ2v) is 9.60. The largest absolute Gasteiger partial charge is 0.356 e. The lowest BCUT2D eigenvalue weighted by atomic mass is 9.89. The lowest BCUT2D eigenvalue weighted by Gasteiger charge is -2.36. The van der Waals surface area contributed by atoms with Crippen molar-refractivity contribution in [1.29, 1.82) is 5.26 Å². The zero-order chi connectivity index (χ0) is 26.0. The SMILES string of the molecule is N#Cc1ccc(C2(F)CCN(C(=O)c3ccc(Cl)c(NC(=O)c4ccc(N5CCC5)nc4)c3)CC2)nc1. The van der Waals surface area contributed by atoms with Gasteiger partial charge in [-0.1, -0.05) is 11.6 Å². The van der Waals surface area contributed by atoms with Crippen LogP contribution in [0.3, 0.4) is 0 Å². The van der Waals surface area contributed by atoms with Crippen molar-refractivity contribution in [2.45, 2.75) is 24.9 Å². The van der Waals surface area contributed by atoms with E-state index in [1.165, 1.54) is 24.5 Å². The number of nitriles is 1. The fraction of sp³-hybridized carbons (Fsp3) is 0.296. The van der Waals surface area contributed by atoms with Crippen LogP contribution in [0, 0.1) is 11.3 Å². The summed E-state index contributed by atoms with van der Waals surface area (Å²) in [6.07, 6.45) is 4.20. The van der Waals surface area contributed by atoms with Crippen LogP contribution in [0.5, 0.6) is 0 Å². The van der Waals surface area contributed by atoms with Gasteiger partial charge in [0.1, 0.15) is 11.9 Å². The summed E-state index contributed by atoms with van der Waals surface area (Å²) in [6, 6.07) is 13.2. The van der Waals surface area contributed by atoms with E-state index in [2.05, 4.69) is 20.2 Å². The molecule has 8 nitrogen and oxygen atoms in total. The Hall–Kier alpha value is -4.03. The van der Waals surface area contributed by atoms with Crippen molar-refractivity contribution < 1.29 is 14.0 Å². The highest BCUT2D eigenvalue weighted by atomic mass is 35.5. The molecule has 0 bridgehead atoms. The second-order valence-electron chi connectivity index (χ2n) is 9.20. The van der Waals surface area contributed by atoms with E-state index in [0.717, 1.165) is 25.3 Å². The summed E-state index contributed by atoms with van der Waals surface area (Å²) in [5.74, 6) is 0.175. The number of nitrogens with zero attached hydrogens (tertiary/aromatic N) is 5. The quantitative estimate of drug-likeness (QED) is 0.531. The lowest BCUT2D eigenvalue weighted by molar-refractivity contribution is 0.0402. The highest BCUT2D eigenvalue weighted by molar-refractivity contribution is 6.34. The van der Waals surface area contributed by atoms with Gasteiger partial charge in [-0.3, -0.25) is 14.6 Å². The van der Waals surface area contributed by atoms with Crippen LogP contribution < -0.4 is 10.2 Å². The van der Waals surface area contributed by atoms with Crippen molar-refractivity contribution in [2.24, 2.45) is 0 Å². The molecule has 188 valence electrons. The van der Waals surface area contributed by atoms with Crippen molar-refractivity contribution >= 4 is 34.9 Å². The molecule has 2 aliphatic rings. The number of pyridine rings is 2. The van der Waals surface area contributed by atoms with E-state index in [9.17, 15) is 9.59 Å². The summed E-state index contributed by atoms with van der Waals surface area (Å²) in [4.78, 5) is 38.1. The first-order valence-electron chi connectivity index (χ1n) is 12.0. The summed E-state index contributed by atoms with van der Waals surface area (Å²) < 4.78 is 15.5. The number of nitrogens with one attached hydrogen (secondary N) is 1. The number of aromatic nitrogens is 2. The Morgan fingerprint density at radius 1 is 1.00 bits per heavy atom. The standard InChI is InChI=1S/C27H24ClFN6O2/c28-21-5-3-19(14-22(21)33-25(36)20-4-7-24(32-17-20)34-10-1-11-34)26(37)35-12-8-27(29,9-13-35)23-6-2-18(15-30)16-31-23/h2-7,14,16-17H,1,8-13H2,(H,33,36). The molecule has 0 spiro atoms. The number of rotatable bonds is 5. The Bertz CT molecular complexity index is 1360. The zero-order valence-corrected chi connectivity index (χ0v) is 20.7. The van der Waals surface area contributed by atoms with Crippen LogP contribution in [0.15, 0.2) is 54.9 Å². The first-order chi connectivity index (χ1) is 17.9. The van der Waals surface area contributed by atoms with Crippen molar-refractivity contribution in [1.82, 2.24) is 14.9 Å². The van der Waals surface area contributed by atoms with Gasteiger partial charge >= 0.3 is 0 Å². The monoisotopic (exact) mass is 518 g/mol. The highest BCUT2D eigenvalue weighted by Crippen LogP contribution is 2.36. The molecule has 2 fully saturated rings. The van der Waals surface area contributed by atoms with Gasteiger partial charge in [0.05, 0.1) is 27.5 Å². The zero-order valence-electron chi connectivity index (χ0n) is 20.0. The summed E-state index contributed by atoms with van der Waals surface area (Å²) >= 11 is 6.30. The summed E-state index contributed by atoms with van der Waals surface area (Å²) in [6.45, 7) is 2.34. The maximum absolute atomic E-state index is 15.5. The fourth-order valence-electron chi connectivity index (χ4n) is 4.43. The third-order valence-corrected chi connectivity index (χ3v) is 7.18. The number of hydrogen-bond acceptors (Lipinski definition) is 6. The topological polar surface area (TPSA) is 102 Å². The number of alkyl halides is 1. The van der Waals surface area contributed by atoms with Gasteiger partial charge in [-0.2, -0.15) is 5.26 Å². The fourth-order valence-corrected chi connectivity index (χ4v) is 4.59. The molecule has 4 heterocycles. The van der Waals surface area contributed by atoms with Gasteiger partial charge in [-0.15, -0.1) is 0 Å². The van der Waals surface area contributed by atoms with Crippen molar-refractivity contribution in [3.8, 4) is 6.07 Å². The average molecular weight is 519 g/mol. The van der Waals surface area contributed by atoms with Gasteiger partial charge < -0.3 is 15.1 Å². The smallest absolute Gasteiger partial charge is 0.257 e. The molecule has 37 heavy (non-hydrogen) atoms. The molecule has 3 aromatic rings. The number of anilines is 2. The Kier molecular flexibility index (Phi) is 6.76. The summed E-state index contributed by atoms with van der Waals surface area (Å²) in [5.41, 5.74) is -0.00281. The normalized spacial score (nSPS) is 16.5. The molecule has 1 N–H and O–H groups in total. The molecule has 1 aromatic carbocycles. The van der Waals surface area contributed by atoms with Gasteiger partial charge in [-0.25, -0.2) is 9.37 Å². The minimum atomic E-state index is -1.66. The highest BCUT2D eigenvalue weighted by Gasteiger charge is 2.39. The van der Waals surface area contributed by atoms with Crippen LogP contribution >= 0.6 is 11.6 Å². The number of likely N-dealkylation sites (tertiary alicyclic amines) is 1. The first kappa shape index (κ1) is 24.7. The second kappa shape index (κ2) is 10.1. The van der Waals surface area contributed by atoms with E-state index in [0.29, 0.717) is 27.4 Å². The summed E-state index contributed by atoms with van der Waals surface area (Å²) in [5, 5.41) is 12.0. The number of hydrogen-bond donors (Lipinski definition) is 1. The van der Waals surface area contributed by atoms with E-state index in [1.54, 1.807) is 29.2 Å². The van der Waals surface area contributed by atoms with Crippen LogP contribution in [-0.4, -0.2) is 52.9 Å². The molecule has 10 heteroatoms. The molecule has 2 aliphatic heterocycles. The molecule has 0 atom stereocenters. The third-order valence-electron chi connectivity index (χ3n) is 6.85. The van der Waals surface area contributed by atoms with Gasteiger partial charge in [0, 0.05) is 57.0 Å². The number of carbonyl (C=O) groups excluding carboxylic acids is 2. The molecule has 2 saturated heterocycles. The van der Waals surface area contributed by atoms with Crippen LogP contribution in [0.1, 0.15) is 51.2 Å². The average Bonchev–Trinajstić information content (AvgIpc) is 2.89. The number of halogens is 2. The number of piperidine rings is 1. The van der Waals surface area contributed by atoms with Crippen LogP contribution in [0.4, 0.5) is 15.9 Å². The lowest BCUT2D eigenvalue weighted by Crippen LogP contribution is -2.43.